The maximum atomic E-state index is 12.5. The summed E-state index contributed by atoms with van der Waals surface area (Å²) in [5, 5.41) is 0.600. The molecular formula is C30H46BrO7P. The van der Waals surface area contributed by atoms with Gasteiger partial charge >= 0.3 is 7.82 Å². The number of benzene rings is 2. The lowest BCUT2D eigenvalue weighted by Crippen LogP contribution is -2.26. The Hall–Kier alpha value is -1.57. The molecule has 0 aliphatic rings. The van der Waals surface area contributed by atoms with E-state index in [0.717, 1.165) is 29.7 Å². The predicted molar refractivity (Wildman–Crippen MR) is 160 cm³/mol. The molecule has 0 saturated carbocycles. The van der Waals surface area contributed by atoms with Crippen LogP contribution in [-0.4, -0.2) is 31.0 Å². The van der Waals surface area contributed by atoms with Gasteiger partial charge in [0.2, 0.25) is 6.29 Å². The van der Waals surface area contributed by atoms with Crippen LogP contribution in [0.3, 0.4) is 0 Å². The molecule has 2 atom stereocenters. The third-order valence-corrected chi connectivity index (χ3v) is 7.81. The van der Waals surface area contributed by atoms with Crippen molar-refractivity contribution in [3.05, 3.63) is 53.6 Å². The number of halogens is 1. The van der Waals surface area contributed by atoms with Gasteiger partial charge in [0.25, 0.3) is 0 Å². The van der Waals surface area contributed by atoms with Crippen LogP contribution < -0.4 is 14.0 Å². The fraction of sp³-hybridized carbons (Fsp3) is 0.600. The van der Waals surface area contributed by atoms with Gasteiger partial charge in [-0.05, 0) is 50.1 Å². The summed E-state index contributed by atoms with van der Waals surface area (Å²) in [4.78, 5) is 10.2. The first kappa shape index (κ1) is 33.6. The Morgan fingerprint density at radius 1 is 0.897 bits per heavy atom. The van der Waals surface area contributed by atoms with E-state index in [2.05, 4.69) is 22.9 Å². The van der Waals surface area contributed by atoms with Gasteiger partial charge in [-0.15, -0.1) is 0 Å². The highest BCUT2D eigenvalue weighted by Crippen LogP contribution is 2.44. The Morgan fingerprint density at radius 2 is 1.54 bits per heavy atom. The molecule has 0 heterocycles. The van der Waals surface area contributed by atoms with Crippen LogP contribution in [0.2, 0.25) is 0 Å². The maximum absolute atomic E-state index is 12.5. The molecule has 0 aromatic heterocycles. The first-order valence-electron chi connectivity index (χ1n) is 14.2. The summed E-state index contributed by atoms with van der Waals surface area (Å²) in [7, 11) is -4.38. The number of ether oxygens (including phenoxy) is 3. The number of phosphoric acid groups is 1. The van der Waals surface area contributed by atoms with E-state index in [1.165, 1.54) is 51.4 Å². The zero-order valence-corrected chi connectivity index (χ0v) is 26.2. The fourth-order valence-electron chi connectivity index (χ4n) is 4.09. The van der Waals surface area contributed by atoms with E-state index in [-0.39, 0.29) is 12.4 Å². The minimum Gasteiger partial charge on any atom is -0.493 e. The molecule has 9 heteroatoms. The Labute approximate surface area is 243 Å². The quantitative estimate of drug-likeness (QED) is 0.0602. The molecule has 0 bridgehead atoms. The lowest BCUT2D eigenvalue weighted by atomic mass is 10.1. The monoisotopic (exact) mass is 628 g/mol. The molecular weight excluding hydrogens is 583 g/mol. The average Bonchev–Trinajstić information content (AvgIpc) is 2.92. The standard InChI is InChI=1S/C30H46BrO7P/c1-4-6-7-8-9-10-11-12-13-14-21-35-28-19-16-20-29(25(28)3)37-30(34-5-2)24-36-39(32,33)38-27-18-15-17-26(22-27)23-31/h15-20,22,30H,4-14,21,23-24H2,1-3H3,(H,32,33). The Morgan fingerprint density at radius 3 is 2.21 bits per heavy atom. The third-order valence-electron chi connectivity index (χ3n) is 6.25. The highest BCUT2D eigenvalue weighted by molar-refractivity contribution is 9.08. The molecule has 220 valence electrons. The van der Waals surface area contributed by atoms with Crippen LogP contribution in [-0.2, 0) is 19.2 Å². The Bertz CT molecular complexity index is 988. The lowest BCUT2D eigenvalue weighted by Gasteiger charge is -2.22. The van der Waals surface area contributed by atoms with Gasteiger partial charge in [-0.25, -0.2) is 4.57 Å². The van der Waals surface area contributed by atoms with Crippen LogP contribution in [0.25, 0.3) is 0 Å². The predicted octanol–water partition coefficient (Wildman–Crippen LogP) is 9.13. The summed E-state index contributed by atoms with van der Waals surface area (Å²) in [5.41, 5.74) is 1.75. The van der Waals surface area contributed by atoms with Crippen molar-refractivity contribution < 1.29 is 32.7 Å². The van der Waals surface area contributed by atoms with Crippen molar-refractivity contribution in [1.82, 2.24) is 0 Å². The smallest absolute Gasteiger partial charge is 0.493 e. The van der Waals surface area contributed by atoms with E-state index in [1.54, 1.807) is 18.2 Å². The first-order valence-corrected chi connectivity index (χ1v) is 16.8. The Kier molecular flexibility index (Phi) is 16.8. The van der Waals surface area contributed by atoms with Gasteiger partial charge in [-0.2, -0.15) is 0 Å². The van der Waals surface area contributed by atoms with Gasteiger partial charge in [0.1, 0.15) is 23.9 Å². The highest BCUT2D eigenvalue weighted by atomic mass is 79.9. The summed E-state index contributed by atoms with van der Waals surface area (Å²) in [5.74, 6) is 1.56. The second kappa shape index (κ2) is 19.5. The highest BCUT2D eigenvalue weighted by Gasteiger charge is 2.26. The molecule has 2 aromatic carbocycles. The number of rotatable bonds is 22. The number of phosphoric ester groups is 1. The number of unbranched alkanes of at least 4 members (excludes halogenated alkanes) is 9. The molecule has 2 rings (SSSR count). The molecule has 0 fully saturated rings. The van der Waals surface area contributed by atoms with Crippen molar-refractivity contribution in [3.8, 4) is 17.2 Å². The van der Waals surface area contributed by atoms with Gasteiger partial charge in [0, 0.05) is 17.5 Å². The van der Waals surface area contributed by atoms with E-state index < -0.39 is 14.1 Å². The third kappa shape index (κ3) is 14.1. The van der Waals surface area contributed by atoms with Gasteiger partial charge in [0.15, 0.2) is 0 Å². The number of alkyl halides is 1. The van der Waals surface area contributed by atoms with Gasteiger partial charge in [-0.3, -0.25) is 9.42 Å². The summed E-state index contributed by atoms with van der Waals surface area (Å²) in [6.07, 6.45) is 11.9. The van der Waals surface area contributed by atoms with Gasteiger partial charge < -0.3 is 18.7 Å². The van der Waals surface area contributed by atoms with Crippen LogP contribution in [0, 0.1) is 6.92 Å². The van der Waals surface area contributed by atoms with Crippen molar-refractivity contribution >= 4 is 23.8 Å². The summed E-state index contributed by atoms with van der Waals surface area (Å²) < 4.78 is 40.6. The van der Waals surface area contributed by atoms with E-state index >= 15 is 0 Å². The minimum atomic E-state index is -4.38. The molecule has 7 nitrogen and oxygen atoms in total. The van der Waals surface area contributed by atoms with Crippen molar-refractivity contribution in [2.75, 3.05) is 19.8 Å². The SMILES string of the molecule is CCCCCCCCCCCCOc1cccc(OC(COP(=O)(O)Oc2cccc(CBr)c2)OCC)c1C. The normalized spacial score (nSPS) is 13.6. The second-order valence-corrected chi connectivity index (χ2v) is 11.5. The van der Waals surface area contributed by atoms with E-state index in [9.17, 15) is 9.46 Å². The van der Waals surface area contributed by atoms with Gasteiger partial charge in [0.05, 0.1) is 6.61 Å². The van der Waals surface area contributed by atoms with Crippen LogP contribution in [0.5, 0.6) is 17.2 Å². The molecule has 0 spiro atoms. The largest absolute Gasteiger partial charge is 0.527 e. The molecule has 2 aromatic rings. The zero-order chi connectivity index (χ0) is 28.3. The summed E-state index contributed by atoms with van der Waals surface area (Å²) in [6.45, 7) is 6.69. The van der Waals surface area contributed by atoms with Crippen LogP contribution in [0.1, 0.15) is 89.2 Å². The number of hydrogen-bond donors (Lipinski definition) is 1. The molecule has 0 radical (unpaired) electrons. The molecule has 1 N–H and O–H groups in total. The van der Waals surface area contributed by atoms with E-state index in [4.69, 9.17) is 23.3 Å². The Balaban J connectivity index is 1.79. The van der Waals surface area contributed by atoms with Crippen molar-refractivity contribution in [2.24, 2.45) is 0 Å². The van der Waals surface area contributed by atoms with Crippen LogP contribution in [0.15, 0.2) is 42.5 Å². The summed E-state index contributed by atoms with van der Waals surface area (Å²) in [6, 6.07) is 12.5. The van der Waals surface area contributed by atoms with E-state index in [0.29, 0.717) is 24.3 Å². The number of hydrogen-bond acceptors (Lipinski definition) is 6. The molecule has 0 saturated heterocycles. The average molecular weight is 630 g/mol. The molecule has 2 unspecified atom stereocenters. The summed E-state index contributed by atoms with van der Waals surface area (Å²) >= 11 is 3.36. The second-order valence-electron chi connectivity index (χ2n) is 9.55. The molecule has 0 aliphatic heterocycles. The first-order chi connectivity index (χ1) is 18.9. The van der Waals surface area contributed by atoms with Crippen LogP contribution >= 0.6 is 23.8 Å². The zero-order valence-electron chi connectivity index (χ0n) is 23.7. The van der Waals surface area contributed by atoms with Gasteiger partial charge in [-0.1, -0.05) is 98.8 Å². The van der Waals surface area contributed by atoms with Crippen LogP contribution in [0.4, 0.5) is 0 Å². The minimum absolute atomic E-state index is 0.245. The lowest BCUT2D eigenvalue weighted by molar-refractivity contribution is -0.101. The van der Waals surface area contributed by atoms with Crippen molar-refractivity contribution in [3.63, 3.8) is 0 Å². The molecule has 39 heavy (non-hydrogen) atoms. The van der Waals surface area contributed by atoms with Crippen molar-refractivity contribution in [2.45, 2.75) is 96.6 Å². The maximum Gasteiger partial charge on any atom is 0.527 e. The topological polar surface area (TPSA) is 83.5 Å². The molecule has 0 aliphatic carbocycles. The van der Waals surface area contributed by atoms with Crippen molar-refractivity contribution in [1.29, 1.82) is 0 Å². The fourth-order valence-corrected chi connectivity index (χ4v) is 5.19. The van der Waals surface area contributed by atoms with E-state index in [1.807, 2.05) is 38.1 Å². The molecule has 0 amide bonds.